The number of ether oxygens (including phenoxy) is 2. The van der Waals surface area contributed by atoms with E-state index in [9.17, 15) is 18.0 Å². The van der Waals surface area contributed by atoms with Crippen molar-refractivity contribution in [3.8, 4) is 23.0 Å². The first-order valence-electron chi connectivity index (χ1n) is 12.9. The first-order chi connectivity index (χ1) is 18.2. The van der Waals surface area contributed by atoms with Crippen molar-refractivity contribution in [1.82, 2.24) is 29.6 Å². The molecule has 4 bridgehead atoms. The number of carbonyl (C=O) groups is 1. The van der Waals surface area contributed by atoms with Gasteiger partial charge in [-0.15, -0.1) is 0 Å². The van der Waals surface area contributed by atoms with Crippen LogP contribution in [0.4, 0.5) is 18.0 Å². The summed E-state index contributed by atoms with van der Waals surface area (Å²) in [5, 5.41) is 2.85. The van der Waals surface area contributed by atoms with Crippen molar-refractivity contribution in [2.75, 3.05) is 20.3 Å². The number of fused-ring (bicyclic) bond motifs is 7. The normalized spacial score (nSPS) is 19.5. The van der Waals surface area contributed by atoms with Gasteiger partial charge in [-0.1, -0.05) is 6.42 Å². The van der Waals surface area contributed by atoms with Crippen molar-refractivity contribution in [3.63, 3.8) is 0 Å². The predicted molar refractivity (Wildman–Crippen MR) is 135 cm³/mol. The number of nitrogens with zero attached hydrogens (tertiary/aromatic N) is 5. The SMILES string of the molecule is CCN1C(=O)N[C@@H](CCC(F)(F)F)CCCCCOc2nc(cn3ccnc23)-c2nc(ccc2OC)[C@H]1C. The highest BCUT2D eigenvalue weighted by molar-refractivity contribution is 5.75. The van der Waals surface area contributed by atoms with Gasteiger partial charge in [-0.3, -0.25) is 0 Å². The van der Waals surface area contributed by atoms with Gasteiger partial charge in [-0.05, 0) is 51.7 Å². The van der Waals surface area contributed by atoms with Gasteiger partial charge in [0.25, 0.3) is 5.88 Å². The zero-order valence-electron chi connectivity index (χ0n) is 21.8. The summed E-state index contributed by atoms with van der Waals surface area (Å²) in [6.07, 6.45) is 2.33. The van der Waals surface area contributed by atoms with Crippen molar-refractivity contribution in [2.24, 2.45) is 0 Å². The van der Waals surface area contributed by atoms with E-state index in [1.54, 1.807) is 47.1 Å². The molecule has 1 N–H and O–H groups in total. The Morgan fingerprint density at radius 1 is 1.21 bits per heavy atom. The molecule has 0 saturated carbocycles. The maximum absolute atomic E-state index is 13.3. The predicted octanol–water partition coefficient (Wildman–Crippen LogP) is 5.56. The molecule has 4 heterocycles. The van der Waals surface area contributed by atoms with E-state index in [1.165, 1.54) is 0 Å². The van der Waals surface area contributed by atoms with Gasteiger partial charge in [0.15, 0.2) is 0 Å². The third-order valence-electron chi connectivity index (χ3n) is 6.72. The highest BCUT2D eigenvalue weighted by Crippen LogP contribution is 2.32. The van der Waals surface area contributed by atoms with Crippen molar-refractivity contribution in [2.45, 2.75) is 70.6 Å². The van der Waals surface area contributed by atoms with Crippen LogP contribution in [-0.2, 0) is 0 Å². The molecule has 0 saturated heterocycles. The van der Waals surface area contributed by atoms with E-state index in [1.807, 2.05) is 13.8 Å². The molecule has 206 valence electrons. The second-order valence-corrected chi connectivity index (χ2v) is 9.34. The maximum atomic E-state index is 13.3. The smallest absolute Gasteiger partial charge is 0.389 e. The number of aromatic nitrogens is 4. The molecule has 3 aromatic heterocycles. The van der Waals surface area contributed by atoms with Crippen LogP contribution in [0, 0.1) is 0 Å². The van der Waals surface area contributed by atoms with Crippen LogP contribution in [0.1, 0.15) is 64.1 Å². The Balaban J connectivity index is 1.72. The topological polar surface area (TPSA) is 93.9 Å². The Morgan fingerprint density at radius 3 is 2.76 bits per heavy atom. The third kappa shape index (κ3) is 6.46. The van der Waals surface area contributed by atoms with Gasteiger partial charge in [-0.25, -0.2) is 19.7 Å². The minimum Gasteiger partial charge on any atom is -0.494 e. The fraction of sp³-hybridized carbons (Fsp3) is 0.538. The van der Waals surface area contributed by atoms with Crippen molar-refractivity contribution >= 4 is 11.7 Å². The molecule has 3 aromatic rings. The van der Waals surface area contributed by atoms with Crippen LogP contribution >= 0.6 is 0 Å². The van der Waals surface area contributed by atoms with E-state index in [-0.39, 0.29) is 6.42 Å². The van der Waals surface area contributed by atoms with Gasteiger partial charge < -0.3 is 24.1 Å². The van der Waals surface area contributed by atoms with Gasteiger partial charge in [-0.2, -0.15) is 13.2 Å². The van der Waals surface area contributed by atoms with E-state index < -0.39 is 30.7 Å². The first kappa shape index (κ1) is 27.5. The Morgan fingerprint density at radius 2 is 2.03 bits per heavy atom. The van der Waals surface area contributed by atoms with E-state index in [2.05, 4.69) is 10.3 Å². The highest BCUT2D eigenvalue weighted by atomic mass is 19.4. The summed E-state index contributed by atoms with van der Waals surface area (Å²) in [6, 6.07) is 2.06. The molecule has 1 aliphatic rings. The van der Waals surface area contributed by atoms with Crippen LogP contribution in [0.5, 0.6) is 11.6 Å². The van der Waals surface area contributed by atoms with Crippen molar-refractivity contribution in [1.29, 1.82) is 0 Å². The van der Waals surface area contributed by atoms with Gasteiger partial charge in [0, 0.05) is 37.6 Å². The second kappa shape index (κ2) is 11.9. The number of pyridine rings is 1. The summed E-state index contributed by atoms with van der Waals surface area (Å²) in [5.41, 5.74) is 2.14. The molecule has 0 aromatic carbocycles. The Hall–Kier alpha value is -3.57. The van der Waals surface area contributed by atoms with E-state index >= 15 is 0 Å². The summed E-state index contributed by atoms with van der Waals surface area (Å²) in [6.45, 7) is 4.37. The van der Waals surface area contributed by atoms with E-state index in [4.69, 9.17) is 19.4 Å². The number of alkyl halides is 3. The lowest BCUT2D eigenvalue weighted by Crippen LogP contribution is -2.46. The van der Waals surface area contributed by atoms with E-state index in [0.717, 1.165) is 6.42 Å². The molecule has 9 nitrogen and oxygen atoms in total. The number of carbonyl (C=O) groups excluding carboxylic acids is 1. The van der Waals surface area contributed by atoms with Crippen molar-refractivity contribution < 1.29 is 27.4 Å². The maximum Gasteiger partial charge on any atom is 0.389 e. The van der Waals surface area contributed by atoms with Gasteiger partial charge in [0.05, 0.1) is 25.5 Å². The minimum absolute atomic E-state index is 0.170. The zero-order valence-corrected chi connectivity index (χ0v) is 21.8. The lowest BCUT2D eigenvalue weighted by molar-refractivity contribution is -0.136. The molecular weight excluding hydrogens is 501 g/mol. The molecule has 0 unspecified atom stereocenters. The lowest BCUT2D eigenvalue weighted by Gasteiger charge is -2.30. The van der Waals surface area contributed by atoms with Gasteiger partial charge in [0.2, 0.25) is 5.65 Å². The molecule has 0 radical (unpaired) electrons. The third-order valence-corrected chi connectivity index (χ3v) is 6.72. The summed E-state index contributed by atoms with van der Waals surface area (Å²) in [5.74, 6) is 0.853. The number of hydrogen-bond donors (Lipinski definition) is 1. The fourth-order valence-electron chi connectivity index (χ4n) is 4.63. The Bertz CT molecular complexity index is 1250. The highest BCUT2D eigenvalue weighted by Gasteiger charge is 2.30. The Kier molecular flexibility index (Phi) is 8.58. The number of nitrogens with one attached hydrogen (secondary N) is 1. The number of methoxy groups -OCH3 is 1. The molecule has 2 atom stereocenters. The molecule has 38 heavy (non-hydrogen) atoms. The minimum atomic E-state index is -4.29. The molecular formula is C26H33F3N6O3. The fourth-order valence-corrected chi connectivity index (χ4v) is 4.63. The number of hydrogen-bond acceptors (Lipinski definition) is 6. The summed E-state index contributed by atoms with van der Waals surface area (Å²) in [4.78, 5) is 28.7. The van der Waals surface area contributed by atoms with Crippen LogP contribution in [0.25, 0.3) is 17.0 Å². The number of amides is 2. The zero-order chi connectivity index (χ0) is 27.3. The molecule has 0 spiro atoms. The quantitative estimate of drug-likeness (QED) is 0.471. The van der Waals surface area contributed by atoms with Crippen LogP contribution < -0.4 is 14.8 Å². The Labute approximate surface area is 219 Å². The summed E-state index contributed by atoms with van der Waals surface area (Å²) < 4.78 is 52.3. The van der Waals surface area contributed by atoms with Crippen molar-refractivity contribution in [3.05, 3.63) is 36.4 Å². The van der Waals surface area contributed by atoms with Crippen LogP contribution in [0.2, 0.25) is 0 Å². The van der Waals surface area contributed by atoms with Crippen LogP contribution in [0.15, 0.2) is 30.7 Å². The molecule has 0 aliphatic carbocycles. The van der Waals surface area contributed by atoms with Gasteiger partial charge in [0.1, 0.15) is 17.1 Å². The monoisotopic (exact) mass is 534 g/mol. The van der Waals surface area contributed by atoms with Crippen LogP contribution in [0.3, 0.4) is 0 Å². The van der Waals surface area contributed by atoms with E-state index in [0.29, 0.717) is 66.8 Å². The summed E-state index contributed by atoms with van der Waals surface area (Å²) in [7, 11) is 1.54. The standard InChI is InChI=1S/C26H33F3N6O3/c1-4-35-17(2)19-9-10-21(37-3)22(32-19)20-16-34-14-13-30-23(34)24(33-20)38-15-7-5-6-8-18(31-25(35)36)11-12-26(27,28)29/h9-10,13-14,16-18H,4-8,11-12,15H2,1-3H3,(H,31,36)/t17-,18-/m1/s1. The lowest BCUT2D eigenvalue weighted by atomic mass is 10.0. The van der Waals surface area contributed by atoms with Gasteiger partial charge >= 0.3 is 12.2 Å². The molecule has 0 fully saturated rings. The number of urea groups is 1. The number of rotatable bonds is 4. The van der Waals surface area contributed by atoms with Crippen LogP contribution in [-0.4, -0.2) is 62.8 Å². The molecule has 2 amide bonds. The largest absolute Gasteiger partial charge is 0.494 e. The average Bonchev–Trinajstić information content (AvgIpc) is 3.37. The number of halogens is 3. The molecule has 12 heteroatoms. The summed E-state index contributed by atoms with van der Waals surface area (Å²) >= 11 is 0. The molecule has 4 rings (SSSR count). The second-order valence-electron chi connectivity index (χ2n) is 9.34. The number of imidazole rings is 1. The average molecular weight is 535 g/mol. The molecule has 1 aliphatic heterocycles. The first-order valence-corrected chi connectivity index (χ1v) is 12.9.